The van der Waals surface area contributed by atoms with Crippen molar-refractivity contribution in [2.45, 2.75) is 12.5 Å². The number of piperazine rings is 1. The number of hydrogen-bond acceptors (Lipinski definition) is 9. The molecular formula is C33H37N7O4. The molecule has 1 aliphatic rings. The number of likely N-dealkylation sites (N-methyl/N-ethyl adjacent to an activating group) is 2. The van der Waals surface area contributed by atoms with Crippen LogP contribution in [-0.2, 0) is 16.0 Å². The third-order valence-corrected chi connectivity index (χ3v) is 7.81. The molecule has 11 nitrogen and oxygen atoms in total. The van der Waals surface area contributed by atoms with Crippen molar-refractivity contribution in [3.63, 3.8) is 0 Å². The Bertz CT molecular complexity index is 1680. The molecule has 5 rings (SSSR count). The van der Waals surface area contributed by atoms with E-state index in [1.807, 2.05) is 36.4 Å². The van der Waals surface area contributed by atoms with Gasteiger partial charge in [-0.1, -0.05) is 36.4 Å². The standard InChI is InChI=1S/C33H37N7O4/c1-38(2)31(42)28(18-21-8-10-22(11-9-21)23-6-5-7-25(19-23)32(43)44-4)35-30(41)24-12-13-26-27(20-24)36-33(34)37-29(26)40-16-14-39(3)15-17-40/h5-13,19-20,28H,14-18H2,1-4H3,(H,35,41)(H2,34,36,37)/t28-/m0/s1. The summed E-state index contributed by atoms with van der Waals surface area (Å²) in [6.07, 6.45) is 0.293. The predicted octanol–water partition coefficient (Wildman–Crippen LogP) is 2.85. The lowest BCUT2D eigenvalue weighted by atomic mass is 9.99. The maximum absolute atomic E-state index is 13.5. The molecule has 0 spiro atoms. The van der Waals surface area contributed by atoms with Crippen molar-refractivity contribution in [2.24, 2.45) is 0 Å². The number of amides is 2. The zero-order valence-electron chi connectivity index (χ0n) is 25.4. The Labute approximate surface area is 256 Å². The molecule has 1 aromatic heterocycles. The van der Waals surface area contributed by atoms with E-state index < -0.39 is 12.0 Å². The van der Waals surface area contributed by atoms with E-state index in [0.29, 0.717) is 23.1 Å². The topological polar surface area (TPSA) is 134 Å². The summed E-state index contributed by atoms with van der Waals surface area (Å²) >= 11 is 0. The van der Waals surface area contributed by atoms with E-state index >= 15 is 0 Å². The number of anilines is 2. The number of hydrogen-bond donors (Lipinski definition) is 2. The van der Waals surface area contributed by atoms with Crippen LogP contribution in [0.1, 0.15) is 26.3 Å². The zero-order valence-corrected chi connectivity index (χ0v) is 25.4. The third-order valence-electron chi connectivity index (χ3n) is 7.81. The molecule has 4 aromatic rings. The van der Waals surface area contributed by atoms with Gasteiger partial charge in [0.2, 0.25) is 11.9 Å². The molecule has 2 amide bonds. The summed E-state index contributed by atoms with van der Waals surface area (Å²) in [5.74, 6) is -0.111. The molecule has 0 unspecified atom stereocenters. The maximum Gasteiger partial charge on any atom is 0.337 e. The van der Waals surface area contributed by atoms with E-state index in [4.69, 9.17) is 10.5 Å². The van der Waals surface area contributed by atoms with Crippen molar-refractivity contribution >= 4 is 40.5 Å². The van der Waals surface area contributed by atoms with Gasteiger partial charge in [0.1, 0.15) is 11.9 Å². The van der Waals surface area contributed by atoms with Gasteiger partial charge in [-0.05, 0) is 54.1 Å². The molecule has 0 saturated carbocycles. The summed E-state index contributed by atoms with van der Waals surface area (Å²) in [7, 11) is 6.76. The molecular weight excluding hydrogens is 558 g/mol. The van der Waals surface area contributed by atoms with Crippen LogP contribution in [0, 0.1) is 0 Å². The van der Waals surface area contributed by atoms with E-state index in [0.717, 1.165) is 54.1 Å². The number of fused-ring (bicyclic) bond motifs is 1. The lowest BCUT2D eigenvalue weighted by Crippen LogP contribution is -2.47. The molecule has 0 aliphatic carbocycles. The van der Waals surface area contributed by atoms with Gasteiger partial charge in [0.15, 0.2) is 0 Å². The molecule has 3 N–H and O–H groups in total. The van der Waals surface area contributed by atoms with Crippen molar-refractivity contribution in [2.75, 3.05) is 65.1 Å². The minimum atomic E-state index is -0.793. The van der Waals surface area contributed by atoms with Gasteiger partial charge in [-0.3, -0.25) is 9.59 Å². The minimum absolute atomic E-state index is 0.144. The number of rotatable bonds is 8. The van der Waals surface area contributed by atoms with Gasteiger partial charge < -0.3 is 30.5 Å². The van der Waals surface area contributed by atoms with E-state index in [2.05, 4.69) is 32.1 Å². The number of esters is 1. The van der Waals surface area contributed by atoms with Crippen molar-refractivity contribution < 1.29 is 19.1 Å². The second kappa shape index (κ2) is 13.1. The zero-order chi connectivity index (χ0) is 31.4. The van der Waals surface area contributed by atoms with Gasteiger partial charge in [-0.2, -0.15) is 4.98 Å². The fraction of sp³-hybridized carbons (Fsp3) is 0.303. The molecule has 0 radical (unpaired) electrons. The lowest BCUT2D eigenvalue weighted by molar-refractivity contribution is -0.130. The number of nitrogen functional groups attached to an aromatic ring is 1. The smallest absolute Gasteiger partial charge is 0.337 e. The van der Waals surface area contributed by atoms with Gasteiger partial charge in [-0.25, -0.2) is 9.78 Å². The summed E-state index contributed by atoms with van der Waals surface area (Å²) in [6, 6.07) is 19.3. The Kier molecular flexibility index (Phi) is 9.05. The molecule has 228 valence electrons. The quantitative estimate of drug-likeness (QED) is 0.295. The summed E-state index contributed by atoms with van der Waals surface area (Å²) in [5, 5.41) is 3.74. The van der Waals surface area contributed by atoms with Crippen LogP contribution in [0.15, 0.2) is 66.7 Å². The number of ether oxygens (including phenoxy) is 1. The minimum Gasteiger partial charge on any atom is -0.465 e. The van der Waals surface area contributed by atoms with Gasteiger partial charge >= 0.3 is 5.97 Å². The first kappa shape index (κ1) is 30.4. The van der Waals surface area contributed by atoms with Crippen LogP contribution in [0.5, 0.6) is 0 Å². The summed E-state index contributed by atoms with van der Waals surface area (Å²) in [5.41, 5.74) is 10.1. The number of nitrogens with zero attached hydrogens (tertiary/aromatic N) is 5. The summed E-state index contributed by atoms with van der Waals surface area (Å²) in [4.78, 5) is 53.4. The van der Waals surface area contributed by atoms with Crippen LogP contribution in [0.4, 0.5) is 11.8 Å². The Balaban J connectivity index is 1.35. The number of carbonyl (C=O) groups is 3. The average Bonchev–Trinajstić information content (AvgIpc) is 3.03. The Morgan fingerprint density at radius 1 is 0.932 bits per heavy atom. The molecule has 1 fully saturated rings. The third kappa shape index (κ3) is 6.78. The van der Waals surface area contributed by atoms with Crippen LogP contribution in [0.2, 0.25) is 0 Å². The fourth-order valence-corrected chi connectivity index (χ4v) is 5.30. The van der Waals surface area contributed by atoms with E-state index in [-0.39, 0.29) is 17.8 Å². The predicted molar refractivity (Wildman–Crippen MR) is 171 cm³/mol. The van der Waals surface area contributed by atoms with Crippen LogP contribution in [-0.4, -0.2) is 98.0 Å². The normalized spacial score (nSPS) is 14.2. The Hall–Kier alpha value is -5.03. The van der Waals surface area contributed by atoms with E-state index in [9.17, 15) is 14.4 Å². The van der Waals surface area contributed by atoms with Crippen molar-refractivity contribution in [3.05, 3.63) is 83.4 Å². The Morgan fingerprint density at radius 2 is 1.66 bits per heavy atom. The first-order chi connectivity index (χ1) is 21.1. The number of nitrogens with one attached hydrogen (secondary N) is 1. The monoisotopic (exact) mass is 595 g/mol. The number of carbonyl (C=O) groups excluding carboxylic acids is 3. The van der Waals surface area contributed by atoms with Crippen LogP contribution in [0.25, 0.3) is 22.0 Å². The highest BCUT2D eigenvalue weighted by Crippen LogP contribution is 2.27. The maximum atomic E-state index is 13.5. The first-order valence-corrected chi connectivity index (χ1v) is 14.4. The van der Waals surface area contributed by atoms with Gasteiger partial charge in [0.25, 0.3) is 5.91 Å². The van der Waals surface area contributed by atoms with Crippen molar-refractivity contribution in [3.8, 4) is 11.1 Å². The average molecular weight is 596 g/mol. The summed E-state index contributed by atoms with van der Waals surface area (Å²) in [6.45, 7) is 3.47. The second-order valence-electron chi connectivity index (χ2n) is 11.2. The molecule has 1 aliphatic heterocycles. The second-order valence-corrected chi connectivity index (χ2v) is 11.2. The summed E-state index contributed by atoms with van der Waals surface area (Å²) < 4.78 is 4.83. The number of nitrogens with two attached hydrogens (primary N) is 1. The van der Waals surface area contributed by atoms with Crippen molar-refractivity contribution in [1.29, 1.82) is 0 Å². The highest BCUT2D eigenvalue weighted by Gasteiger charge is 2.25. The fourth-order valence-electron chi connectivity index (χ4n) is 5.30. The van der Waals surface area contributed by atoms with Crippen LogP contribution < -0.4 is 16.0 Å². The first-order valence-electron chi connectivity index (χ1n) is 14.4. The molecule has 44 heavy (non-hydrogen) atoms. The molecule has 1 atom stereocenters. The molecule has 1 saturated heterocycles. The highest BCUT2D eigenvalue weighted by molar-refractivity contribution is 6.02. The molecule has 3 aromatic carbocycles. The molecule has 11 heteroatoms. The lowest BCUT2D eigenvalue weighted by Gasteiger charge is -2.33. The SMILES string of the molecule is COC(=O)c1cccc(-c2ccc(C[C@H](NC(=O)c3ccc4c(N5CCN(C)CC5)nc(N)nc4c3)C(=O)N(C)C)cc2)c1. The number of benzene rings is 3. The molecule has 0 bridgehead atoms. The molecule has 2 heterocycles. The highest BCUT2D eigenvalue weighted by atomic mass is 16.5. The van der Waals surface area contributed by atoms with Crippen LogP contribution in [0.3, 0.4) is 0 Å². The van der Waals surface area contributed by atoms with E-state index in [1.54, 1.807) is 44.4 Å². The van der Waals surface area contributed by atoms with Gasteiger partial charge in [0, 0.05) is 57.6 Å². The Morgan fingerprint density at radius 3 is 2.34 bits per heavy atom. The van der Waals surface area contributed by atoms with Gasteiger partial charge in [0.05, 0.1) is 18.2 Å². The largest absolute Gasteiger partial charge is 0.465 e. The van der Waals surface area contributed by atoms with Crippen molar-refractivity contribution in [1.82, 2.24) is 25.1 Å². The van der Waals surface area contributed by atoms with Gasteiger partial charge in [-0.15, -0.1) is 0 Å². The number of aromatic nitrogens is 2. The van der Waals surface area contributed by atoms with Crippen LogP contribution >= 0.6 is 0 Å². The van der Waals surface area contributed by atoms with E-state index in [1.165, 1.54) is 12.0 Å². The number of methoxy groups -OCH3 is 1.